The zero-order valence-corrected chi connectivity index (χ0v) is 16.0. The fraction of sp³-hybridized carbons (Fsp3) is 0.190. The van der Waals surface area contributed by atoms with Crippen molar-refractivity contribution in [3.05, 3.63) is 71.2 Å². The van der Waals surface area contributed by atoms with Crippen LogP contribution in [0.1, 0.15) is 17.7 Å². The van der Waals surface area contributed by atoms with Crippen LogP contribution < -0.4 is 15.5 Å². The van der Waals surface area contributed by atoms with Gasteiger partial charge >= 0.3 is 6.03 Å². The Morgan fingerprint density at radius 3 is 2.68 bits per heavy atom. The molecule has 1 aliphatic rings. The molecular weight excluding hydrogens is 372 g/mol. The van der Waals surface area contributed by atoms with E-state index >= 15 is 0 Å². The van der Waals surface area contributed by atoms with Crippen LogP contribution in [0.15, 0.2) is 60.0 Å². The zero-order valence-electron chi connectivity index (χ0n) is 15.2. The van der Waals surface area contributed by atoms with Gasteiger partial charge in [-0.15, -0.1) is 11.3 Å². The Balaban J connectivity index is 1.29. The molecule has 6 nitrogen and oxygen atoms in total. The van der Waals surface area contributed by atoms with Gasteiger partial charge in [-0.05, 0) is 36.6 Å². The van der Waals surface area contributed by atoms with Crippen molar-refractivity contribution in [1.29, 1.82) is 0 Å². The largest absolute Gasteiger partial charge is 0.325 e. The van der Waals surface area contributed by atoms with E-state index in [9.17, 15) is 9.59 Å². The average molecular weight is 392 g/mol. The maximum atomic E-state index is 12.6. The summed E-state index contributed by atoms with van der Waals surface area (Å²) < 4.78 is 0. The minimum atomic E-state index is -0.336. The predicted molar refractivity (Wildman–Crippen MR) is 112 cm³/mol. The molecule has 0 saturated heterocycles. The van der Waals surface area contributed by atoms with Gasteiger partial charge in [0.2, 0.25) is 5.91 Å². The molecule has 0 saturated carbocycles. The number of anilines is 3. The van der Waals surface area contributed by atoms with Gasteiger partial charge < -0.3 is 10.2 Å². The number of carbonyl (C=O) groups is 2. The van der Waals surface area contributed by atoms with Crippen molar-refractivity contribution in [1.82, 2.24) is 4.98 Å². The first kappa shape index (κ1) is 18.2. The highest BCUT2D eigenvalue weighted by Gasteiger charge is 2.23. The second-order valence-electron chi connectivity index (χ2n) is 6.51. The topological polar surface area (TPSA) is 74.3 Å². The number of benzene rings is 2. The molecule has 0 aliphatic carbocycles. The molecule has 0 radical (unpaired) electrons. The molecule has 1 aliphatic heterocycles. The lowest BCUT2D eigenvalue weighted by Gasteiger charge is -2.16. The fourth-order valence-corrected chi connectivity index (χ4v) is 3.97. The maximum absolute atomic E-state index is 12.6. The standard InChI is InChI=1S/C21H20N4O2S/c26-19(25-13-12-15-6-4-5-9-18(15)25)11-10-17-14-28-21(23-17)24-20(27)22-16-7-2-1-3-8-16/h1-9,14H,10-13H2,(H2,22,23,24,27). The van der Waals surface area contributed by atoms with Crippen LogP contribution in [0, 0.1) is 0 Å². The van der Waals surface area contributed by atoms with Crippen molar-refractivity contribution in [2.24, 2.45) is 0 Å². The molecule has 0 bridgehead atoms. The number of nitrogens with zero attached hydrogens (tertiary/aromatic N) is 2. The van der Waals surface area contributed by atoms with Crippen molar-refractivity contribution >= 4 is 39.8 Å². The quantitative estimate of drug-likeness (QED) is 0.679. The number of thiazole rings is 1. The van der Waals surface area contributed by atoms with Gasteiger partial charge in [-0.2, -0.15) is 0 Å². The third-order valence-electron chi connectivity index (χ3n) is 4.59. The van der Waals surface area contributed by atoms with E-state index in [1.807, 2.05) is 58.8 Å². The number of hydrogen-bond acceptors (Lipinski definition) is 4. The summed E-state index contributed by atoms with van der Waals surface area (Å²) in [5.74, 6) is 0.106. The van der Waals surface area contributed by atoms with Crippen LogP contribution in [-0.4, -0.2) is 23.5 Å². The summed E-state index contributed by atoms with van der Waals surface area (Å²) in [6.07, 6.45) is 1.85. The van der Waals surface area contributed by atoms with Gasteiger partial charge in [0.05, 0.1) is 5.69 Å². The Labute approximate surface area is 167 Å². The molecule has 28 heavy (non-hydrogen) atoms. The third kappa shape index (κ3) is 4.20. The molecule has 3 aromatic rings. The Morgan fingerprint density at radius 1 is 1.04 bits per heavy atom. The fourth-order valence-electron chi connectivity index (χ4n) is 3.23. The molecule has 0 unspecified atom stereocenters. The number of fused-ring (bicyclic) bond motifs is 1. The van der Waals surface area contributed by atoms with Gasteiger partial charge in [0, 0.05) is 29.7 Å². The summed E-state index contributed by atoms with van der Waals surface area (Å²) in [5.41, 5.74) is 3.76. The number of amides is 3. The van der Waals surface area contributed by atoms with Crippen molar-refractivity contribution in [2.45, 2.75) is 19.3 Å². The maximum Gasteiger partial charge on any atom is 0.325 e. The number of aryl methyl sites for hydroxylation is 1. The van der Waals surface area contributed by atoms with Gasteiger partial charge in [0.15, 0.2) is 5.13 Å². The molecule has 2 heterocycles. The summed E-state index contributed by atoms with van der Waals surface area (Å²) in [6, 6.07) is 16.9. The number of hydrogen-bond donors (Lipinski definition) is 2. The lowest BCUT2D eigenvalue weighted by Crippen LogP contribution is -2.29. The van der Waals surface area contributed by atoms with Crippen LogP contribution in [0.2, 0.25) is 0 Å². The van der Waals surface area contributed by atoms with E-state index in [-0.39, 0.29) is 11.9 Å². The number of carbonyl (C=O) groups excluding carboxylic acids is 2. The first-order valence-corrected chi connectivity index (χ1v) is 10.0. The van der Waals surface area contributed by atoms with Crippen LogP contribution >= 0.6 is 11.3 Å². The SMILES string of the molecule is O=C(Nc1ccccc1)Nc1nc(CCC(=O)N2CCc3ccccc32)cs1. The van der Waals surface area contributed by atoms with E-state index in [1.54, 1.807) is 0 Å². The van der Waals surface area contributed by atoms with E-state index in [0.717, 1.165) is 24.3 Å². The normalized spacial score (nSPS) is 12.5. The third-order valence-corrected chi connectivity index (χ3v) is 5.39. The Bertz CT molecular complexity index is 987. The highest BCUT2D eigenvalue weighted by molar-refractivity contribution is 7.13. The minimum absolute atomic E-state index is 0.106. The highest BCUT2D eigenvalue weighted by atomic mass is 32.1. The first-order chi connectivity index (χ1) is 13.7. The lowest BCUT2D eigenvalue weighted by atomic mass is 10.2. The van der Waals surface area contributed by atoms with Crippen LogP contribution in [0.5, 0.6) is 0 Å². The summed E-state index contributed by atoms with van der Waals surface area (Å²) in [4.78, 5) is 30.9. The molecule has 0 atom stereocenters. The van der Waals surface area contributed by atoms with E-state index in [0.29, 0.717) is 23.7 Å². The number of para-hydroxylation sites is 2. The highest BCUT2D eigenvalue weighted by Crippen LogP contribution is 2.28. The van der Waals surface area contributed by atoms with Crippen molar-refractivity contribution in [3.63, 3.8) is 0 Å². The smallest absolute Gasteiger partial charge is 0.312 e. The van der Waals surface area contributed by atoms with Gasteiger partial charge in [-0.25, -0.2) is 9.78 Å². The Hall–Kier alpha value is -3.19. The monoisotopic (exact) mass is 392 g/mol. The summed E-state index contributed by atoms with van der Waals surface area (Å²) >= 11 is 1.35. The van der Waals surface area contributed by atoms with Crippen LogP contribution in [0.3, 0.4) is 0 Å². The molecular formula is C21H20N4O2S. The van der Waals surface area contributed by atoms with E-state index in [1.165, 1.54) is 16.9 Å². The van der Waals surface area contributed by atoms with Gasteiger partial charge in [-0.3, -0.25) is 10.1 Å². The lowest BCUT2D eigenvalue weighted by molar-refractivity contribution is -0.118. The molecule has 2 N–H and O–H groups in total. The average Bonchev–Trinajstić information content (AvgIpc) is 3.33. The summed E-state index contributed by atoms with van der Waals surface area (Å²) in [6.45, 7) is 0.738. The molecule has 2 aromatic carbocycles. The van der Waals surface area contributed by atoms with E-state index in [2.05, 4.69) is 21.7 Å². The first-order valence-electron chi connectivity index (χ1n) is 9.15. The second-order valence-corrected chi connectivity index (χ2v) is 7.37. The number of urea groups is 1. The summed E-state index contributed by atoms with van der Waals surface area (Å²) in [5, 5.41) is 7.88. The number of rotatable bonds is 5. The van der Waals surface area contributed by atoms with Crippen molar-refractivity contribution < 1.29 is 9.59 Å². The number of nitrogens with one attached hydrogen (secondary N) is 2. The minimum Gasteiger partial charge on any atom is -0.312 e. The van der Waals surface area contributed by atoms with Crippen LogP contribution in [0.25, 0.3) is 0 Å². The van der Waals surface area contributed by atoms with Gasteiger partial charge in [-0.1, -0.05) is 36.4 Å². The van der Waals surface area contributed by atoms with Crippen LogP contribution in [-0.2, 0) is 17.6 Å². The van der Waals surface area contributed by atoms with Gasteiger partial charge in [0.25, 0.3) is 0 Å². The molecule has 142 valence electrons. The zero-order chi connectivity index (χ0) is 19.3. The van der Waals surface area contributed by atoms with E-state index in [4.69, 9.17) is 0 Å². The predicted octanol–water partition coefficient (Wildman–Crippen LogP) is 4.31. The molecule has 4 rings (SSSR count). The Morgan fingerprint density at radius 2 is 1.82 bits per heavy atom. The second kappa shape index (κ2) is 8.22. The van der Waals surface area contributed by atoms with E-state index < -0.39 is 0 Å². The van der Waals surface area contributed by atoms with Crippen molar-refractivity contribution in [2.75, 3.05) is 22.1 Å². The number of aromatic nitrogens is 1. The summed E-state index contributed by atoms with van der Waals surface area (Å²) in [7, 11) is 0. The molecule has 3 amide bonds. The molecule has 1 aromatic heterocycles. The Kier molecular flexibility index (Phi) is 5.34. The molecule has 0 spiro atoms. The molecule has 7 heteroatoms. The molecule has 0 fully saturated rings. The van der Waals surface area contributed by atoms with Gasteiger partial charge in [0.1, 0.15) is 0 Å². The van der Waals surface area contributed by atoms with Crippen molar-refractivity contribution in [3.8, 4) is 0 Å². The van der Waals surface area contributed by atoms with Crippen LogP contribution in [0.4, 0.5) is 21.3 Å².